The van der Waals surface area contributed by atoms with E-state index >= 15 is 0 Å². The van der Waals surface area contributed by atoms with Gasteiger partial charge in [-0.1, -0.05) is 0 Å². The van der Waals surface area contributed by atoms with Crippen LogP contribution in [-0.4, -0.2) is 35.6 Å². The monoisotopic (exact) mass is 233 g/mol. The number of pyridine rings is 1. The third-order valence-corrected chi connectivity index (χ3v) is 3.84. The molecule has 1 aromatic rings. The van der Waals surface area contributed by atoms with Crippen LogP contribution in [0.4, 0.5) is 0 Å². The van der Waals surface area contributed by atoms with Gasteiger partial charge in [0.05, 0.1) is 0 Å². The van der Waals surface area contributed by atoms with Gasteiger partial charge in [0.2, 0.25) is 0 Å². The molecule has 3 nitrogen and oxygen atoms in total. The van der Waals surface area contributed by atoms with Crippen LogP contribution in [0.15, 0.2) is 24.5 Å². The lowest BCUT2D eigenvalue weighted by molar-refractivity contribution is 0.174. The molecule has 1 aromatic heterocycles. The van der Waals surface area contributed by atoms with Crippen LogP contribution in [0.5, 0.6) is 0 Å². The second kappa shape index (κ2) is 6.12. The Labute approximate surface area is 104 Å². The SMILES string of the molecule is CC(N)C1CCN(CCc2ccncc2)CC1. The molecule has 1 unspecified atom stereocenters. The summed E-state index contributed by atoms with van der Waals surface area (Å²) in [7, 11) is 0. The standard InChI is InChI=1S/C14H23N3/c1-12(15)14-5-10-17(11-6-14)9-4-13-2-7-16-8-3-13/h2-3,7-8,12,14H,4-6,9-11,15H2,1H3. The number of aromatic nitrogens is 1. The summed E-state index contributed by atoms with van der Waals surface area (Å²) in [5.74, 6) is 0.729. The van der Waals surface area contributed by atoms with Crippen LogP contribution in [0.3, 0.4) is 0 Å². The van der Waals surface area contributed by atoms with Gasteiger partial charge < -0.3 is 10.6 Å². The van der Waals surface area contributed by atoms with Gasteiger partial charge in [-0.05, 0) is 62.9 Å². The van der Waals surface area contributed by atoms with Crippen LogP contribution in [0.1, 0.15) is 25.3 Å². The van der Waals surface area contributed by atoms with Crippen molar-refractivity contribution in [3.8, 4) is 0 Å². The van der Waals surface area contributed by atoms with Gasteiger partial charge in [-0.2, -0.15) is 0 Å². The summed E-state index contributed by atoms with van der Waals surface area (Å²) in [6.45, 7) is 5.71. The van der Waals surface area contributed by atoms with Crippen molar-refractivity contribution in [3.05, 3.63) is 30.1 Å². The molecule has 0 saturated carbocycles. The van der Waals surface area contributed by atoms with Crippen molar-refractivity contribution < 1.29 is 0 Å². The van der Waals surface area contributed by atoms with E-state index in [-0.39, 0.29) is 0 Å². The Hall–Kier alpha value is -0.930. The molecule has 0 bridgehead atoms. The molecule has 1 aliphatic rings. The van der Waals surface area contributed by atoms with E-state index in [4.69, 9.17) is 5.73 Å². The molecule has 1 aliphatic heterocycles. The fraction of sp³-hybridized carbons (Fsp3) is 0.643. The molecule has 1 atom stereocenters. The Kier molecular flexibility index (Phi) is 4.51. The quantitative estimate of drug-likeness (QED) is 0.860. The topological polar surface area (TPSA) is 42.1 Å². The predicted octanol–water partition coefficient (Wildman–Crippen LogP) is 1.68. The van der Waals surface area contributed by atoms with Gasteiger partial charge in [-0.15, -0.1) is 0 Å². The van der Waals surface area contributed by atoms with Crippen LogP contribution in [-0.2, 0) is 6.42 Å². The average Bonchev–Trinajstić information content (AvgIpc) is 2.38. The van der Waals surface area contributed by atoms with E-state index in [1.807, 2.05) is 12.4 Å². The maximum absolute atomic E-state index is 5.95. The van der Waals surface area contributed by atoms with Crippen molar-refractivity contribution in [2.75, 3.05) is 19.6 Å². The van der Waals surface area contributed by atoms with Gasteiger partial charge in [0.15, 0.2) is 0 Å². The van der Waals surface area contributed by atoms with E-state index in [0.717, 1.165) is 18.9 Å². The molecule has 1 fully saturated rings. The van der Waals surface area contributed by atoms with Gasteiger partial charge in [0, 0.05) is 25.0 Å². The maximum Gasteiger partial charge on any atom is 0.0270 e. The van der Waals surface area contributed by atoms with Crippen molar-refractivity contribution in [3.63, 3.8) is 0 Å². The molecule has 0 aliphatic carbocycles. The second-order valence-corrected chi connectivity index (χ2v) is 5.14. The number of piperidine rings is 1. The van der Waals surface area contributed by atoms with Crippen LogP contribution in [0, 0.1) is 5.92 Å². The third-order valence-electron chi connectivity index (χ3n) is 3.84. The fourth-order valence-corrected chi connectivity index (χ4v) is 2.54. The summed E-state index contributed by atoms with van der Waals surface area (Å²) in [6.07, 6.45) is 7.39. The Morgan fingerprint density at radius 1 is 1.35 bits per heavy atom. The van der Waals surface area contributed by atoms with Crippen molar-refractivity contribution in [2.24, 2.45) is 11.7 Å². The van der Waals surface area contributed by atoms with Gasteiger partial charge in [0.25, 0.3) is 0 Å². The molecule has 2 rings (SSSR count). The van der Waals surface area contributed by atoms with Crippen molar-refractivity contribution in [1.82, 2.24) is 9.88 Å². The number of likely N-dealkylation sites (tertiary alicyclic amines) is 1. The van der Waals surface area contributed by atoms with E-state index in [2.05, 4.69) is 28.9 Å². The smallest absolute Gasteiger partial charge is 0.0270 e. The molecular formula is C14H23N3. The first-order valence-corrected chi connectivity index (χ1v) is 6.62. The normalized spacial score (nSPS) is 20.4. The largest absolute Gasteiger partial charge is 0.328 e. The number of hydrogen-bond donors (Lipinski definition) is 1. The molecule has 17 heavy (non-hydrogen) atoms. The highest BCUT2D eigenvalue weighted by Gasteiger charge is 2.21. The molecule has 2 heterocycles. The predicted molar refractivity (Wildman–Crippen MR) is 70.8 cm³/mol. The Morgan fingerprint density at radius 2 is 2.00 bits per heavy atom. The highest BCUT2D eigenvalue weighted by atomic mass is 15.1. The number of hydrogen-bond acceptors (Lipinski definition) is 3. The first-order valence-electron chi connectivity index (χ1n) is 6.62. The molecule has 1 saturated heterocycles. The van der Waals surface area contributed by atoms with Crippen molar-refractivity contribution >= 4 is 0 Å². The summed E-state index contributed by atoms with van der Waals surface area (Å²) < 4.78 is 0. The lowest BCUT2D eigenvalue weighted by Crippen LogP contribution is -2.40. The zero-order chi connectivity index (χ0) is 12.1. The minimum absolute atomic E-state index is 0.359. The van der Waals surface area contributed by atoms with Crippen LogP contribution in [0.2, 0.25) is 0 Å². The fourth-order valence-electron chi connectivity index (χ4n) is 2.54. The molecule has 0 radical (unpaired) electrons. The summed E-state index contributed by atoms with van der Waals surface area (Å²) >= 11 is 0. The van der Waals surface area contributed by atoms with Crippen molar-refractivity contribution in [2.45, 2.75) is 32.2 Å². The summed E-state index contributed by atoms with van der Waals surface area (Å²) in [6, 6.07) is 4.57. The summed E-state index contributed by atoms with van der Waals surface area (Å²) in [5.41, 5.74) is 7.34. The average molecular weight is 233 g/mol. The third kappa shape index (κ3) is 3.79. The number of rotatable bonds is 4. The van der Waals surface area contributed by atoms with E-state index in [1.54, 1.807) is 0 Å². The van der Waals surface area contributed by atoms with E-state index in [9.17, 15) is 0 Å². The summed E-state index contributed by atoms with van der Waals surface area (Å²) in [5, 5.41) is 0. The molecule has 3 heteroatoms. The lowest BCUT2D eigenvalue weighted by Gasteiger charge is -2.33. The van der Waals surface area contributed by atoms with E-state index < -0.39 is 0 Å². The molecular weight excluding hydrogens is 210 g/mol. The van der Waals surface area contributed by atoms with E-state index in [0.29, 0.717) is 6.04 Å². The minimum Gasteiger partial charge on any atom is -0.328 e. The second-order valence-electron chi connectivity index (χ2n) is 5.14. The zero-order valence-corrected chi connectivity index (χ0v) is 10.7. The highest BCUT2D eigenvalue weighted by Crippen LogP contribution is 2.19. The van der Waals surface area contributed by atoms with Crippen LogP contribution < -0.4 is 5.73 Å². The Balaban J connectivity index is 1.72. The molecule has 0 aromatic carbocycles. The van der Waals surface area contributed by atoms with E-state index in [1.165, 1.54) is 31.5 Å². The number of nitrogens with zero attached hydrogens (tertiary/aromatic N) is 2. The first-order chi connectivity index (χ1) is 8.25. The highest BCUT2D eigenvalue weighted by molar-refractivity contribution is 5.09. The maximum atomic E-state index is 5.95. The first kappa shape index (κ1) is 12.5. The zero-order valence-electron chi connectivity index (χ0n) is 10.7. The minimum atomic E-state index is 0.359. The van der Waals surface area contributed by atoms with Gasteiger partial charge in [0.1, 0.15) is 0 Å². The lowest BCUT2D eigenvalue weighted by atomic mass is 9.91. The molecule has 2 N–H and O–H groups in total. The summed E-state index contributed by atoms with van der Waals surface area (Å²) in [4.78, 5) is 6.60. The Bertz CT molecular complexity index is 315. The molecule has 0 amide bonds. The Morgan fingerprint density at radius 3 is 2.59 bits per heavy atom. The van der Waals surface area contributed by atoms with Gasteiger partial charge in [-0.25, -0.2) is 0 Å². The number of nitrogens with two attached hydrogens (primary N) is 1. The molecule has 94 valence electrons. The van der Waals surface area contributed by atoms with Gasteiger partial charge >= 0.3 is 0 Å². The molecule has 0 spiro atoms. The van der Waals surface area contributed by atoms with Crippen LogP contribution in [0.25, 0.3) is 0 Å². The van der Waals surface area contributed by atoms with Crippen LogP contribution >= 0.6 is 0 Å². The van der Waals surface area contributed by atoms with Gasteiger partial charge in [-0.3, -0.25) is 4.98 Å². The van der Waals surface area contributed by atoms with Crippen molar-refractivity contribution in [1.29, 1.82) is 0 Å².